The Balaban J connectivity index is 1.85. The first-order valence-corrected chi connectivity index (χ1v) is 7.99. The van der Waals surface area contributed by atoms with Crippen LogP contribution >= 0.6 is 0 Å². The third-order valence-electron chi connectivity index (χ3n) is 4.26. The van der Waals surface area contributed by atoms with Gasteiger partial charge < -0.3 is 9.42 Å². The summed E-state index contributed by atoms with van der Waals surface area (Å²) < 4.78 is 5.28. The molecule has 0 spiro atoms. The Kier molecular flexibility index (Phi) is 4.27. The van der Waals surface area contributed by atoms with Crippen molar-refractivity contribution >= 4 is 5.91 Å². The van der Waals surface area contributed by atoms with E-state index in [0.29, 0.717) is 5.69 Å². The topological polar surface area (TPSA) is 46.3 Å². The third-order valence-corrected chi connectivity index (χ3v) is 4.26. The van der Waals surface area contributed by atoms with Crippen molar-refractivity contribution in [3.63, 3.8) is 0 Å². The van der Waals surface area contributed by atoms with E-state index in [1.165, 1.54) is 5.56 Å². The van der Waals surface area contributed by atoms with E-state index in [9.17, 15) is 4.79 Å². The van der Waals surface area contributed by atoms with E-state index < -0.39 is 0 Å². The Labute approximate surface area is 131 Å². The quantitative estimate of drug-likeness (QED) is 0.854. The molecule has 1 unspecified atom stereocenters. The van der Waals surface area contributed by atoms with Crippen LogP contribution in [0.4, 0.5) is 0 Å². The zero-order valence-corrected chi connectivity index (χ0v) is 13.2. The molecule has 1 saturated heterocycles. The van der Waals surface area contributed by atoms with Crippen molar-refractivity contribution in [3.8, 4) is 0 Å². The molecule has 116 valence electrons. The Bertz CT molecular complexity index is 634. The van der Waals surface area contributed by atoms with Gasteiger partial charge in [0.25, 0.3) is 5.91 Å². The molecular formula is C18H22N2O2. The SMILES string of the molecule is CC(C)c1cc(C(=O)N2CCCCC2c2ccccc2)no1. The van der Waals surface area contributed by atoms with E-state index in [1.807, 2.05) is 36.9 Å². The van der Waals surface area contributed by atoms with Gasteiger partial charge in [-0.25, -0.2) is 0 Å². The normalized spacial score (nSPS) is 18.7. The minimum absolute atomic E-state index is 0.0239. The molecule has 0 aliphatic carbocycles. The highest BCUT2D eigenvalue weighted by Crippen LogP contribution is 2.32. The number of amides is 1. The summed E-state index contributed by atoms with van der Waals surface area (Å²) in [6.07, 6.45) is 3.20. The average molecular weight is 298 g/mol. The molecule has 0 N–H and O–H groups in total. The van der Waals surface area contributed by atoms with Crippen LogP contribution in [0.3, 0.4) is 0 Å². The number of rotatable bonds is 3. The lowest BCUT2D eigenvalue weighted by Crippen LogP contribution is -2.38. The summed E-state index contributed by atoms with van der Waals surface area (Å²) in [7, 11) is 0. The number of aromatic nitrogens is 1. The van der Waals surface area contributed by atoms with Crippen LogP contribution in [-0.4, -0.2) is 22.5 Å². The minimum atomic E-state index is -0.0239. The molecule has 1 amide bonds. The summed E-state index contributed by atoms with van der Waals surface area (Å²) in [5, 5.41) is 3.97. The minimum Gasteiger partial charge on any atom is -0.360 e. The average Bonchev–Trinajstić information content (AvgIpc) is 3.05. The number of carbonyl (C=O) groups excluding carboxylic acids is 1. The van der Waals surface area contributed by atoms with E-state index in [1.54, 1.807) is 6.07 Å². The number of likely N-dealkylation sites (tertiary alicyclic amines) is 1. The van der Waals surface area contributed by atoms with Crippen LogP contribution in [0.2, 0.25) is 0 Å². The highest BCUT2D eigenvalue weighted by molar-refractivity contribution is 5.92. The number of hydrogen-bond donors (Lipinski definition) is 0. The van der Waals surface area contributed by atoms with Crippen molar-refractivity contribution in [1.82, 2.24) is 10.1 Å². The molecule has 4 nitrogen and oxygen atoms in total. The van der Waals surface area contributed by atoms with Gasteiger partial charge >= 0.3 is 0 Å². The van der Waals surface area contributed by atoms with Gasteiger partial charge in [0.2, 0.25) is 0 Å². The predicted octanol–water partition coefficient (Wildman–Crippen LogP) is 4.17. The Morgan fingerprint density at radius 1 is 1.27 bits per heavy atom. The standard InChI is InChI=1S/C18H22N2O2/c1-13(2)17-12-15(19-22-17)18(21)20-11-7-6-10-16(20)14-8-4-3-5-9-14/h3-5,8-9,12-13,16H,6-7,10-11H2,1-2H3. The zero-order chi connectivity index (χ0) is 15.5. The second-order valence-corrected chi connectivity index (χ2v) is 6.19. The van der Waals surface area contributed by atoms with Gasteiger partial charge in [0.15, 0.2) is 5.69 Å². The van der Waals surface area contributed by atoms with Gasteiger partial charge in [0, 0.05) is 18.5 Å². The Morgan fingerprint density at radius 2 is 2.05 bits per heavy atom. The smallest absolute Gasteiger partial charge is 0.276 e. The number of piperidine rings is 1. The van der Waals surface area contributed by atoms with Crippen LogP contribution in [0.5, 0.6) is 0 Å². The molecule has 1 fully saturated rings. The number of carbonyl (C=O) groups is 1. The van der Waals surface area contributed by atoms with Crippen LogP contribution in [0.1, 0.15) is 66.9 Å². The highest BCUT2D eigenvalue weighted by Gasteiger charge is 2.30. The maximum absolute atomic E-state index is 12.8. The van der Waals surface area contributed by atoms with Gasteiger partial charge in [-0.15, -0.1) is 0 Å². The van der Waals surface area contributed by atoms with Crippen LogP contribution in [-0.2, 0) is 0 Å². The second kappa shape index (κ2) is 6.34. The van der Waals surface area contributed by atoms with Gasteiger partial charge in [0.05, 0.1) is 6.04 Å². The molecule has 1 aliphatic rings. The first-order chi connectivity index (χ1) is 10.7. The Morgan fingerprint density at radius 3 is 2.73 bits per heavy atom. The van der Waals surface area contributed by atoms with Gasteiger partial charge in [-0.2, -0.15) is 0 Å². The molecule has 0 radical (unpaired) electrons. The van der Waals surface area contributed by atoms with Crippen molar-refractivity contribution in [1.29, 1.82) is 0 Å². The number of nitrogens with zero attached hydrogens (tertiary/aromatic N) is 2. The lowest BCUT2D eigenvalue weighted by Gasteiger charge is -2.35. The zero-order valence-electron chi connectivity index (χ0n) is 13.2. The fourth-order valence-corrected chi connectivity index (χ4v) is 3.01. The first kappa shape index (κ1) is 14.8. The van der Waals surface area contributed by atoms with Crippen molar-refractivity contribution < 1.29 is 9.32 Å². The van der Waals surface area contributed by atoms with Crippen LogP contribution in [0, 0.1) is 0 Å². The molecule has 1 aromatic carbocycles. The lowest BCUT2D eigenvalue weighted by atomic mass is 9.95. The predicted molar refractivity (Wildman–Crippen MR) is 84.7 cm³/mol. The molecule has 2 aromatic rings. The van der Waals surface area contributed by atoms with Crippen molar-refractivity contribution in [2.45, 2.75) is 45.1 Å². The molecule has 0 bridgehead atoms. The van der Waals surface area contributed by atoms with Crippen LogP contribution in [0.15, 0.2) is 40.9 Å². The van der Waals surface area contributed by atoms with Crippen molar-refractivity contribution in [2.75, 3.05) is 6.54 Å². The second-order valence-electron chi connectivity index (χ2n) is 6.19. The Hall–Kier alpha value is -2.10. The molecule has 1 atom stereocenters. The molecule has 1 aliphatic heterocycles. The highest BCUT2D eigenvalue weighted by atomic mass is 16.5. The fourth-order valence-electron chi connectivity index (χ4n) is 3.01. The van der Waals surface area contributed by atoms with E-state index in [2.05, 4.69) is 17.3 Å². The summed E-state index contributed by atoms with van der Waals surface area (Å²) in [4.78, 5) is 14.8. The summed E-state index contributed by atoms with van der Waals surface area (Å²) in [5.41, 5.74) is 1.62. The molecule has 2 heterocycles. The molecule has 22 heavy (non-hydrogen) atoms. The van der Waals surface area contributed by atoms with Gasteiger partial charge in [-0.3, -0.25) is 4.79 Å². The maximum Gasteiger partial charge on any atom is 0.276 e. The maximum atomic E-state index is 12.8. The van der Waals surface area contributed by atoms with E-state index in [-0.39, 0.29) is 17.9 Å². The van der Waals surface area contributed by atoms with E-state index in [0.717, 1.165) is 31.6 Å². The van der Waals surface area contributed by atoms with Gasteiger partial charge in [0.1, 0.15) is 5.76 Å². The largest absolute Gasteiger partial charge is 0.360 e. The summed E-state index contributed by atoms with van der Waals surface area (Å²) in [6, 6.07) is 12.2. The first-order valence-electron chi connectivity index (χ1n) is 7.99. The summed E-state index contributed by atoms with van der Waals surface area (Å²) in [6.45, 7) is 4.84. The van der Waals surface area contributed by atoms with Crippen molar-refractivity contribution in [2.24, 2.45) is 0 Å². The van der Waals surface area contributed by atoms with Crippen LogP contribution in [0.25, 0.3) is 0 Å². The van der Waals surface area contributed by atoms with E-state index in [4.69, 9.17) is 4.52 Å². The molecule has 1 aromatic heterocycles. The van der Waals surface area contributed by atoms with Gasteiger partial charge in [-0.05, 0) is 24.8 Å². The molecule has 0 saturated carbocycles. The molecular weight excluding hydrogens is 276 g/mol. The monoisotopic (exact) mass is 298 g/mol. The summed E-state index contributed by atoms with van der Waals surface area (Å²) >= 11 is 0. The van der Waals surface area contributed by atoms with Crippen molar-refractivity contribution in [3.05, 3.63) is 53.4 Å². The van der Waals surface area contributed by atoms with E-state index >= 15 is 0 Å². The number of hydrogen-bond acceptors (Lipinski definition) is 3. The van der Waals surface area contributed by atoms with Crippen LogP contribution < -0.4 is 0 Å². The summed E-state index contributed by atoms with van der Waals surface area (Å²) in [5.74, 6) is 0.973. The molecule has 4 heteroatoms. The van der Waals surface area contributed by atoms with Gasteiger partial charge in [-0.1, -0.05) is 49.3 Å². The molecule has 3 rings (SSSR count). The lowest BCUT2D eigenvalue weighted by molar-refractivity contribution is 0.0601. The fraction of sp³-hybridized carbons (Fsp3) is 0.444. The number of benzene rings is 1. The third kappa shape index (κ3) is 2.91.